The van der Waals surface area contributed by atoms with E-state index in [1.54, 1.807) is 11.3 Å². The van der Waals surface area contributed by atoms with Gasteiger partial charge in [-0.2, -0.15) is 16.4 Å². The Morgan fingerprint density at radius 1 is 1.43 bits per heavy atom. The predicted octanol–water partition coefficient (Wildman–Crippen LogP) is 3.26. The zero-order valence-corrected chi connectivity index (χ0v) is 13.4. The number of likely N-dealkylation sites (tertiary alicyclic amines) is 1. The highest BCUT2D eigenvalue weighted by molar-refractivity contribution is 7.08. The number of carbonyl (C=O) groups is 1. The lowest BCUT2D eigenvalue weighted by Gasteiger charge is -2.35. The van der Waals surface area contributed by atoms with Crippen molar-refractivity contribution in [3.8, 4) is 0 Å². The fourth-order valence-electron chi connectivity index (χ4n) is 3.07. The van der Waals surface area contributed by atoms with E-state index in [9.17, 15) is 4.79 Å². The van der Waals surface area contributed by atoms with Crippen LogP contribution in [0.4, 0.5) is 0 Å². The van der Waals surface area contributed by atoms with Crippen LogP contribution < -0.4 is 0 Å². The second-order valence-corrected chi connectivity index (χ2v) is 6.55. The van der Waals surface area contributed by atoms with E-state index in [2.05, 4.69) is 18.1 Å². The van der Waals surface area contributed by atoms with Gasteiger partial charge in [0.25, 0.3) is 5.91 Å². The number of aryl methyl sites for hydroxylation is 2. The fourth-order valence-corrected chi connectivity index (χ4v) is 3.70. The third kappa shape index (κ3) is 3.02. The van der Waals surface area contributed by atoms with E-state index in [0.717, 1.165) is 37.2 Å². The van der Waals surface area contributed by atoms with Gasteiger partial charge in [0.05, 0.1) is 23.8 Å². The van der Waals surface area contributed by atoms with Crippen molar-refractivity contribution in [2.24, 2.45) is 0 Å². The monoisotopic (exact) mass is 303 g/mol. The van der Waals surface area contributed by atoms with Crippen LogP contribution in [0.3, 0.4) is 0 Å². The molecule has 0 spiro atoms. The molecule has 4 nitrogen and oxygen atoms in total. The zero-order chi connectivity index (χ0) is 14.8. The molecule has 0 unspecified atom stereocenters. The van der Waals surface area contributed by atoms with Crippen LogP contribution in [0.5, 0.6) is 0 Å². The summed E-state index contributed by atoms with van der Waals surface area (Å²) >= 11 is 1.58. The van der Waals surface area contributed by atoms with Gasteiger partial charge in [-0.15, -0.1) is 0 Å². The van der Waals surface area contributed by atoms with Crippen LogP contribution in [0, 0.1) is 13.8 Å². The van der Waals surface area contributed by atoms with Crippen LogP contribution in [0.1, 0.15) is 41.0 Å². The molecule has 112 valence electrons. The molecule has 0 N–H and O–H groups in total. The molecular weight excluding hydrogens is 282 g/mol. The number of piperidine rings is 1. The van der Waals surface area contributed by atoms with Gasteiger partial charge in [-0.25, -0.2) is 0 Å². The van der Waals surface area contributed by atoms with Gasteiger partial charge in [0.15, 0.2) is 0 Å². The molecule has 0 radical (unpaired) electrons. The largest absolute Gasteiger partial charge is 0.334 e. The van der Waals surface area contributed by atoms with Crippen molar-refractivity contribution in [3.63, 3.8) is 0 Å². The summed E-state index contributed by atoms with van der Waals surface area (Å²) in [7, 11) is 0. The van der Waals surface area contributed by atoms with Crippen molar-refractivity contribution in [1.82, 2.24) is 14.7 Å². The number of hydrogen-bond acceptors (Lipinski definition) is 3. The van der Waals surface area contributed by atoms with Crippen LogP contribution in [-0.2, 0) is 6.54 Å². The van der Waals surface area contributed by atoms with Crippen molar-refractivity contribution >= 4 is 17.2 Å². The van der Waals surface area contributed by atoms with Crippen LogP contribution in [0.2, 0.25) is 0 Å². The SMILES string of the molecule is Cc1cc(C)n(C[C@H]2CCCCN2C(=O)c2ccsc2)n1. The number of amides is 1. The highest BCUT2D eigenvalue weighted by Crippen LogP contribution is 2.22. The molecule has 0 aromatic carbocycles. The summed E-state index contributed by atoms with van der Waals surface area (Å²) in [6.07, 6.45) is 3.36. The van der Waals surface area contributed by atoms with E-state index in [0.29, 0.717) is 0 Å². The maximum atomic E-state index is 12.7. The summed E-state index contributed by atoms with van der Waals surface area (Å²) in [5.41, 5.74) is 3.03. The Hall–Kier alpha value is -1.62. The van der Waals surface area contributed by atoms with Gasteiger partial charge in [-0.3, -0.25) is 9.48 Å². The third-order valence-electron chi connectivity index (χ3n) is 4.14. The topological polar surface area (TPSA) is 38.1 Å². The number of aromatic nitrogens is 2. The van der Waals surface area contributed by atoms with Gasteiger partial charge in [0, 0.05) is 17.6 Å². The van der Waals surface area contributed by atoms with Crippen molar-refractivity contribution < 1.29 is 4.79 Å². The van der Waals surface area contributed by atoms with E-state index in [4.69, 9.17) is 0 Å². The van der Waals surface area contributed by atoms with Gasteiger partial charge in [0.2, 0.25) is 0 Å². The average Bonchev–Trinajstić information content (AvgIpc) is 3.09. The lowest BCUT2D eigenvalue weighted by molar-refractivity contribution is 0.0583. The van der Waals surface area contributed by atoms with Gasteiger partial charge in [-0.05, 0) is 50.6 Å². The number of carbonyl (C=O) groups excluding carboxylic acids is 1. The molecule has 0 aliphatic carbocycles. The maximum absolute atomic E-state index is 12.7. The Morgan fingerprint density at radius 3 is 2.95 bits per heavy atom. The smallest absolute Gasteiger partial charge is 0.255 e. The van der Waals surface area contributed by atoms with Crippen molar-refractivity contribution in [3.05, 3.63) is 39.8 Å². The first-order valence-electron chi connectivity index (χ1n) is 7.49. The van der Waals surface area contributed by atoms with Gasteiger partial charge in [-0.1, -0.05) is 0 Å². The summed E-state index contributed by atoms with van der Waals surface area (Å²) in [5.74, 6) is 0.169. The molecule has 0 saturated carbocycles. The number of rotatable bonds is 3. The molecule has 1 saturated heterocycles. The first kappa shape index (κ1) is 14.3. The molecule has 2 aromatic heterocycles. The molecule has 1 aliphatic rings. The fraction of sp³-hybridized carbons (Fsp3) is 0.500. The summed E-state index contributed by atoms with van der Waals surface area (Å²) in [6, 6.07) is 4.26. The highest BCUT2D eigenvalue weighted by Gasteiger charge is 2.28. The number of nitrogens with zero attached hydrogens (tertiary/aromatic N) is 3. The molecule has 21 heavy (non-hydrogen) atoms. The minimum absolute atomic E-state index is 0.169. The lowest BCUT2D eigenvalue weighted by Crippen LogP contribution is -2.46. The first-order valence-corrected chi connectivity index (χ1v) is 8.43. The molecule has 1 atom stereocenters. The van der Waals surface area contributed by atoms with E-state index in [1.165, 1.54) is 12.1 Å². The number of thiophene rings is 1. The Morgan fingerprint density at radius 2 is 2.29 bits per heavy atom. The number of hydrogen-bond donors (Lipinski definition) is 0. The van der Waals surface area contributed by atoms with Crippen molar-refractivity contribution in [2.45, 2.75) is 45.7 Å². The summed E-state index contributed by atoms with van der Waals surface area (Å²) < 4.78 is 2.04. The molecule has 3 heterocycles. The quantitative estimate of drug-likeness (QED) is 0.873. The minimum atomic E-state index is 0.169. The molecule has 1 aliphatic heterocycles. The molecule has 1 amide bonds. The second-order valence-electron chi connectivity index (χ2n) is 5.77. The Kier molecular flexibility index (Phi) is 4.10. The predicted molar refractivity (Wildman–Crippen MR) is 84.7 cm³/mol. The van der Waals surface area contributed by atoms with Gasteiger partial charge in [0.1, 0.15) is 0 Å². The molecule has 5 heteroatoms. The average molecular weight is 303 g/mol. The Balaban J connectivity index is 1.78. The minimum Gasteiger partial charge on any atom is -0.334 e. The van der Waals surface area contributed by atoms with Crippen molar-refractivity contribution in [1.29, 1.82) is 0 Å². The molecule has 0 bridgehead atoms. The van der Waals surface area contributed by atoms with Gasteiger partial charge < -0.3 is 4.90 Å². The molecule has 2 aromatic rings. The Labute approximate surface area is 129 Å². The molecule has 3 rings (SSSR count). The zero-order valence-electron chi connectivity index (χ0n) is 12.6. The first-order chi connectivity index (χ1) is 10.1. The second kappa shape index (κ2) is 6.02. The van der Waals surface area contributed by atoms with E-state index in [1.807, 2.05) is 33.3 Å². The van der Waals surface area contributed by atoms with E-state index in [-0.39, 0.29) is 11.9 Å². The van der Waals surface area contributed by atoms with Crippen LogP contribution in [0.25, 0.3) is 0 Å². The summed E-state index contributed by atoms with van der Waals surface area (Å²) in [4.78, 5) is 14.7. The lowest BCUT2D eigenvalue weighted by atomic mass is 10.0. The molecular formula is C16H21N3OS. The van der Waals surface area contributed by atoms with E-state index >= 15 is 0 Å². The standard InChI is InChI=1S/C16H21N3OS/c1-12-9-13(2)19(17-12)10-15-5-3-4-7-18(15)16(20)14-6-8-21-11-14/h6,8-9,11,15H,3-5,7,10H2,1-2H3/t15-/m1/s1. The normalized spacial score (nSPS) is 19.0. The third-order valence-corrected chi connectivity index (χ3v) is 4.83. The summed E-state index contributed by atoms with van der Waals surface area (Å²) in [5, 5.41) is 8.45. The summed E-state index contributed by atoms with van der Waals surface area (Å²) in [6.45, 7) is 5.75. The molecule has 1 fully saturated rings. The maximum Gasteiger partial charge on any atom is 0.255 e. The Bertz CT molecular complexity index is 618. The van der Waals surface area contributed by atoms with Gasteiger partial charge >= 0.3 is 0 Å². The van der Waals surface area contributed by atoms with Crippen LogP contribution in [0.15, 0.2) is 22.9 Å². The van der Waals surface area contributed by atoms with Crippen LogP contribution >= 0.6 is 11.3 Å². The van der Waals surface area contributed by atoms with Crippen molar-refractivity contribution in [2.75, 3.05) is 6.54 Å². The highest BCUT2D eigenvalue weighted by atomic mass is 32.1. The van der Waals surface area contributed by atoms with E-state index < -0.39 is 0 Å². The van der Waals surface area contributed by atoms with Crippen LogP contribution in [-0.4, -0.2) is 33.2 Å².